The van der Waals surface area contributed by atoms with Gasteiger partial charge in [-0.05, 0) is 23.8 Å². The van der Waals surface area contributed by atoms with E-state index in [0.717, 1.165) is 26.2 Å². The van der Waals surface area contributed by atoms with Gasteiger partial charge in [-0.2, -0.15) is 0 Å². The number of amides is 1. The van der Waals surface area contributed by atoms with Crippen LogP contribution in [0.25, 0.3) is 11.1 Å². The maximum atomic E-state index is 14.2. The minimum atomic E-state index is -0.280. The first kappa shape index (κ1) is 15.5. The molecule has 1 aliphatic rings. The number of fused-ring (bicyclic) bond motifs is 1. The fourth-order valence-corrected chi connectivity index (χ4v) is 4.49. The molecule has 0 fully saturated rings. The number of carbonyl (C=O) groups is 1. The van der Waals surface area contributed by atoms with Gasteiger partial charge in [0.15, 0.2) is 0 Å². The monoisotopic (exact) mass is 401 g/mol. The van der Waals surface area contributed by atoms with Gasteiger partial charge in [-0.3, -0.25) is 4.79 Å². The molecule has 3 aromatic rings. The van der Waals surface area contributed by atoms with Crippen LogP contribution in [0, 0.1) is 5.82 Å². The van der Waals surface area contributed by atoms with E-state index < -0.39 is 0 Å². The SMILES string of the molecule is O=C1C[C@H](c2ccc(Br)cc2)c2scc(-c3ccccc3F)c2N1. The third kappa shape index (κ3) is 2.68. The summed E-state index contributed by atoms with van der Waals surface area (Å²) in [6.45, 7) is 0. The highest BCUT2D eigenvalue weighted by Crippen LogP contribution is 2.47. The largest absolute Gasteiger partial charge is 0.325 e. The predicted octanol–water partition coefficient (Wildman–Crippen LogP) is 5.79. The van der Waals surface area contributed by atoms with Crippen LogP contribution in [0.15, 0.2) is 58.4 Å². The summed E-state index contributed by atoms with van der Waals surface area (Å²) < 4.78 is 15.2. The summed E-state index contributed by atoms with van der Waals surface area (Å²) in [5, 5.41) is 4.87. The van der Waals surface area contributed by atoms with Crippen molar-refractivity contribution in [3.63, 3.8) is 0 Å². The average Bonchev–Trinajstić information content (AvgIpc) is 2.99. The van der Waals surface area contributed by atoms with Gasteiger partial charge in [-0.1, -0.05) is 46.3 Å². The minimum absolute atomic E-state index is 0.00683. The molecule has 2 aromatic carbocycles. The fraction of sp³-hybridized carbons (Fsp3) is 0.105. The smallest absolute Gasteiger partial charge is 0.225 e. The quantitative estimate of drug-likeness (QED) is 0.578. The van der Waals surface area contributed by atoms with Crippen LogP contribution in [0.4, 0.5) is 10.1 Å². The van der Waals surface area contributed by atoms with Crippen molar-refractivity contribution < 1.29 is 9.18 Å². The van der Waals surface area contributed by atoms with Crippen molar-refractivity contribution in [2.24, 2.45) is 0 Å². The number of anilines is 1. The van der Waals surface area contributed by atoms with Crippen LogP contribution >= 0.6 is 27.3 Å². The minimum Gasteiger partial charge on any atom is -0.325 e. The molecule has 5 heteroatoms. The highest BCUT2D eigenvalue weighted by molar-refractivity contribution is 9.10. The Kier molecular flexibility index (Phi) is 3.98. The second kappa shape index (κ2) is 6.15. The van der Waals surface area contributed by atoms with Crippen molar-refractivity contribution in [2.45, 2.75) is 12.3 Å². The summed E-state index contributed by atoms with van der Waals surface area (Å²) in [5.41, 5.74) is 3.11. The van der Waals surface area contributed by atoms with E-state index in [-0.39, 0.29) is 17.6 Å². The van der Waals surface area contributed by atoms with E-state index in [0.29, 0.717) is 12.0 Å². The molecule has 0 spiro atoms. The van der Waals surface area contributed by atoms with Gasteiger partial charge < -0.3 is 5.32 Å². The van der Waals surface area contributed by atoms with Gasteiger partial charge in [-0.25, -0.2) is 4.39 Å². The lowest BCUT2D eigenvalue weighted by Gasteiger charge is -2.24. The van der Waals surface area contributed by atoms with E-state index in [1.807, 2.05) is 29.6 Å². The van der Waals surface area contributed by atoms with E-state index in [1.165, 1.54) is 6.07 Å². The molecule has 0 radical (unpaired) electrons. The molecule has 2 nitrogen and oxygen atoms in total. The standard InChI is InChI=1S/C19H13BrFNOS/c20-12-7-5-11(6-8-12)14-9-17(23)22-18-15(10-24-19(14)18)13-3-1-2-4-16(13)21/h1-8,10,14H,9H2,(H,22,23)/t14-/m1/s1. The highest BCUT2D eigenvalue weighted by Gasteiger charge is 2.30. The van der Waals surface area contributed by atoms with Gasteiger partial charge >= 0.3 is 0 Å². The van der Waals surface area contributed by atoms with E-state index in [4.69, 9.17) is 0 Å². The maximum Gasteiger partial charge on any atom is 0.225 e. The van der Waals surface area contributed by atoms with Gasteiger partial charge in [0, 0.05) is 38.2 Å². The number of benzene rings is 2. The molecular weight excluding hydrogens is 389 g/mol. The summed E-state index contributed by atoms with van der Waals surface area (Å²) in [5.74, 6) is -0.308. The lowest BCUT2D eigenvalue weighted by Crippen LogP contribution is -2.22. The van der Waals surface area contributed by atoms with Crippen LogP contribution in [-0.4, -0.2) is 5.91 Å². The first-order valence-corrected chi connectivity index (χ1v) is 9.22. The van der Waals surface area contributed by atoms with Crippen LogP contribution in [-0.2, 0) is 4.79 Å². The van der Waals surface area contributed by atoms with Crippen LogP contribution in [0.5, 0.6) is 0 Å². The Labute approximate surface area is 151 Å². The molecule has 0 aliphatic carbocycles. The van der Waals surface area contributed by atoms with Gasteiger partial charge in [0.2, 0.25) is 5.91 Å². The third-order valence-corrected chi connectivity index (χ3v) is 5.85. The van der Waals surface area contributed by atoms with Crippen LogP contribution in [0.1, 0.15) is 22.8 Å². The van der Waals surface area contributed by atoms with Crippen molar-refractivity contribution in [1.29, 1.82) is 0 Å². The van der Waals surface area contributed by atoms with Crippen molar-refractivity contribution in [3.05, 3.63) is 74.6 Å². The summed E-state index contributed by atoms with van der Waals surface area (Å²) in [6, 6.07) is 14.7. The molecule has 0 unspecified atom stereocenters. The van der Waals surface area contributed by atoms with E-state index in [1.54, 1.807) is 29.5 Å². The second-order valence-corrected chi connectivity index (χ2v) is 7.55. The molecule has 1 atom stereocenters. The Morgan fingerprint density at radius 1 is 1.08 bits per heavy atom. The van der Waals surface area contributed by atoms with Crippen molar-refractivity contribution in [1.82, 2.24) is 0 Å². The van der Waals surface area contributed by atoms with Gasteiger partial charge in [-0.15, -0.1) is 11.3 Å². The zero-order valence-electron chi connectivity index (χ0n) is 12.6. The van der Waals surface area contributed by atoms with Crippen LogP contribution < -0.4 is 5.32 Å². The van der Waals surface area contributed by atoms with Crippen molar-refractivity contribution in [2.75, 3.05) is 5.32 Å². The lowest BCUT2D eigenvalue weighted by molar-refractivity contribution is -0.116. The highest BCUT2D eigenvalue weighted by atomic mass is 79.9. The second-order valence-electron chi connectivity index (χ2n) is 5.72. The first-order chi connectivity index (χ1) is 11.6. The van der Waals surface area contributed by atoms with Gasteiger partial charge in [0.1, 0.15) is 5.82 Å². The molecule has 1 amide bonds. The molecule has 1 aromatic heterocycles. The van der Waals surface area contributed by atoms with Crippen molar-refractivity contribution >= 4 is 38.9 Å². The normalized spacial score (nSPS) is 16.6. The Bertz CT molecular complexity index is 919. The van der Waals surface area contributed by atoms with E-state index in [2.05, 4.69) is 21.2 Å². The number of hydrogen-bond acceptors (Lipinski definition) is 2. The zero-order valence-corrected chi connectivity index (χ0v) is 15.0. The Morgan fingerprint density at radius 2 is 1.83 bits per heavy atom. The number of carbonyl (C=O) groups excluding carboxylic acids is 1. The molecule has 24 heavy (non-hydrogen) atoms. The van der Waals surface area contributed by atoms with Crippen LogP contribution in [0.2, 0.25) is 0 Å². The number of rotatable bonds is 2. The number of thiophene rings is 1. The van der Waals surface area contributed by atoms with Crippen molar-refractivity contribution in [3.8, 4) is 11.1 Å². The average molecular weight is 402 g/mol. The summed E-state index contributed by atoms with van der Waals surface area (Å²) >= 11 is 5.01. The molecule has 0 saturated carbocycles. The molecule has 0 saturated heterocycles. The molecule has 1 N–H and O–H groups in total. The Morgan fingerprint density at radius 3 is 2.58 bits per heavy atom. The molecule has 120 valence electrons. The van der Waals surface area contributed by atoms with Crippen LogP contribution in [0.3, 0.4) is 0 Å². The molecule has 1 aliphatic heterocycles. The van der Waals surface area contributed by atoms with E-state index in [9.17, 15) is 9.18 Å². The summed E-state index contributed by atoms with van der Waals surface area (Å²) in [6.07, 6.45) is 0.409. The number of nitrogens with one attached hydrogen (secondary N) is 1. The van der Waals surface area contributed by atoms with Gasteiger partial charge in [0.05, 0.1) is 5.69 Å². The molecular formula is C19H13BrFNOS. The van der Waals surface area contributed by atoms with Gasteiger partial charge in [0.25, 0.3) is 0 Å². The first-order valence-electron chi connectivity index (χ1n) is 7.55. The topological polar surface area (TPSA) is 29.1 Å². The summed E-state index contributed by atoms with van der Waals surface area (Å²) in [4.78, 5) is 13.3. The number of hydrogen-bond donors (Lipinski definition) is 1. The van der Waals surface area contributed by atoms with E-state index >= 15 is 0 Å². The lowest BCUT2D eigenvalue weighted by atomic mass is 9.89. The zero-order chi connectivity index (χ0) is 16.7. The fourth-order valence-electron chi connectivity index (χ4n) is 3.07. The third-order valence-electron chi connectivity index (χ3n) is 4.23. The maximum absolute atomic E-state index is 14.2. The Hall–Kier alpha value is -1.98. The summed E-state index contributed by atoms with van der Waals surface area (Å²) in [7, 11) is 0. The molecule has 0 bridgehead atoms. The molecule has 2 heterocycles. The number of halogens is 2. The predicted molar refractivity (Wildman–Crippen MR) is 98.9 cm³/mol. The molecule has 4 rings (SSSR count). The Balaban J connectivity index is 1.83.